The monoisotopic (exact) mass is 422 g/mol. The number of hydrogen-bond donors (Lipinski definition) is 3. The predicted octanol–water partition coefficient (Wildman–Crippen LogP) is 4.47. The predicted molar refractivity (Wildman–Crippen MR) is 106 cm³/mol. The van der Waals surface area contributed by atoms with Crippen LogP contribution in [0.2, 0.25) is 5.02 Å². The molecule has 1 aliphatic carbocycles. The van der Waals surface area contributed by atoms with Gasteiger partial charge in [0.15, 0.2) is 5.60 Å². The van der Waals surface area contributed by atoms with Gasteiger partial charge in [-0.15, -0.1) is 0 Å². The summed E-state index contributed by atoms with van der Waals surface area (Å²) < 4.78 is 32.8. The van der Waals surface area contributed by atoms with E-state index in [1.807, 2.05) is 12.1 Å². The summed E-state index contributed by atoms with van der Waals surface area (Å²) in [7, 11) is 0. The number of fused-ring (bicyclic) bond motifs is 2. The number of aliphatic hydroxyl groups is 1. The van der Waals surface area contributed by atoms with Gasteiger partial charge in [0, 0.05) is 29.1 Å². The lowest BCUT2D eigenvalue weighted by molar-refractivity contribution is -0.0824. The summed E-state index contributed by atoms with van der Waals surface area (Å²) in [6, 6.07) is 9.10. The fourth-order valence-electron chi connectivity index (χ4n) is 4.02. The molecule has 5 nitrogen and oxygen atoms in total. The van der Waals surface area contributed by atoms with Gasteiger partial charge in [0.1, 0.15) is 5.75 Å². The number of nitrogens with one attached hydrogen (secondary N) is 2. The number of anilines is 1. The first-order chi connectivity index (χ1) is 13.7. The number of halogens is 3. The maximum absolute atomic E-state index is 13.6. The fraction of sp³-hybridized carbons (Fsp3) is 0.381. The topological polar surface area (TPSA) is 70.6 Å². The summed E-state index contributed by atoms with van der Waals surface area (Å²) in [6.45, 7) is 1.32. The Hall–Kier alpha value is -2.38. The molecule has 0 bridgehead atoms. The highest BCUT2D eigenvalue weighted by Gasteiger charge is 2.45. The van der Waals surface area contributed by atoms with Gasteiger partial charge in [-0.05, 0) is 42.7 Å². The van der Waals surface area contributed by atoms with Crippen molar-refractivity contribution in [2.24, 2.45) is 0 Å². The summed E-state index contributed by atoms with van der Waals surface area (Å²) in [4.78, 5) is 12.7. The van der Waals surface area contributed by atoms with Crippen LogP contribution in [-0.4, -0.2) is 29.3 Å². The Kier molecular flexibility index (Phi) is 5.12. The van der Waals surface area contributed by atoms with E-state index in [-0.39, 0.29) is 12.2 Å². The number of carbonyl (C=O) groups is 1. The summed E-state index contributed by atoms with van der Waals surface area (Å²) >= 11 is 5.99. The lowest BCUT2D eigenvalue weighted by Gasteiger charge is -2.39. The minimum absolute atomic E-state index is 0.0850. The molecule has 3 N–H and O–H groups in total. The van der Waals surface area contributed by atoms with Gasteiger partial charge in [-0.25, -0.2) is 13.6 Å². The van der Waals surface area contributed by atoms with E-state index in [2.05, 4.69) is 10.6 Å². The number of ether oxygens (including phenoxy) is 1. The van der Waals surface area contributed by atoms with E-state index in [4.69, 9.17) is 16.3 Å². The van der Waals surface area contributed by atoms with E-state index in [9.17, 15) is 18.7 Å². The standard InChI is InChI=1S/C21H21ClF2N2O3/c1-21(19(23)24)10-17(14-6-5-12(22)8-18(14)29-21)26-20(28)25-16-4-2-3-11-7-13(27)9-15(11)16/h2-6,8,13,17,19,27H,7,9-10H2,1H3,(H2,25,26,28)/t13-,17-,21-/m1/s1. The first-order valence-corrected chi connectivity index (χ1v) is 9.76. The highest BCUT2D eigenvalue weighted by molar-refractivity contribution is 6.30. The number of alkyl halides is 2. The van der Waals surface area contributed by atoms with E-state index in [0.717, 1.165) is 11.1 Å². The van der Waals surface area contributed by atoms with E-state index in [1.54, 1.807) is 18.2 Å². The van der Waals surface area contributed by atoms with Crippen molar-refractivity contribution in [1.29, 1.82) is 0 Å². The number of amides is 2. The SMILES string of the molecule is C[C@]1(C(F)F)C[C@@H](NC(=O)Nc2cccc3c2C[C@H](O)C3)c2ccc(Cl)cc2O1. The Morgan fingerprint density at radius 2 is 2.10 bits per heavy atom. The molecule has 4 rings (SSSR count). The molecule has 2 aromatic rings. The molecular formula is C21H21ClF2N2O3. The Morgan fingerprint density at radius 3 is 2.86 bits per heavy atom. The molecule has 8 heteroatoms. The Labute approximate surface area is 172 Å². The molecule has 0 unspecified atom stereocenters. The molecular weight excluding hydrogens is 402 g/mol. The number of rotatable bonds is 3. The van der Waals surface area contributed by atoms with Gasteiger partial charge < -0.3 is 20.5 Å². The largest absolute Gasteiger partial charge is 0.481 e. The molecule has 0 radical (unpaired) electrons. The second kappa shape index (κ2) is 7.46. The summed E-state index contributed by atoms with van der Waals surface area (Å²) in [6.07, 6.45) is -2.27. The van der Waals surface area contributed by atoms with Crippen LogP contribution in [0, 0.1) is 0 Å². The van der Waals surface area contributed by atoms with Crippen molar-refractivity contribution < 1.29 is 23.4 Å². The van der Waals surface area contributed by atoms with Gasteiger partial charge in [-0.2, -0.15) is 0 Å². The molecule has 2 amide bonds. The molecule has 154 valence electrons. The van der Waals surface area contributed by atoms with Crippen molar-refractivity contribution in [2.45, 2.75) is 50.4 Å². The number of benzene rings is 2. The lowest BCUT2D eigenvalue weighted by atomic mass is 9.88. The molecule has 0 spiro atoms. The van der Waals surface area contributed by atoms with Gasteiger partial charge in [-0.1, -0.05) is 29.8 Å². The molecule has 29 heavy (non-hydrogen) atoms. The Bertz CT molecular complexity index is 956. The molecule has 1 heterocycles. The van der Waals surface area contributed by atoms with Crippen LogP contribution in [0.4, 0.5) is 19.3 Å². The van der Waals surface area contributed by atoms with Gasteiger partial charge in [0.2, 0.25) is 0 Å². The molecule has 2 aliphatic rings. The molecule has 2 aromatic carbocycles. The van der Waals surface area contributed by atoms with Crippen LogP contribution < -0.4 is 15.4 Å². The number of aliphatic hydroxyl groups excluding tert-OH is 1. The zero-order valence-corrected chi connectivity index (χ0v) is 16.5. The minimum Gasteiger partial charge on any atom is -0.481 e. The van der Waals surface area contributed by atoms with Crippen LogP contribution in [0.25, 0.3) is 0 Å². The average molecular weight is 423 g/mol. The Morgan fingerprint density at radius 1 is 1.31 bits per heavy atom. The molecule has 0 fully saturated rings. The number of urea groups is 1. The summed E-state index contributed by atoms with van der Waals surface area (Å²) in [5.41, 5.74) is 1.35. The van der Waals surface area contributed by atoms with Crippen LogP contribution in [0.15, 0.2) is 36.4 Å². The smallest absolute Gasteiger partial charge is 0.319 e. The second-order valence-electron chi connectivity index (χ2n) is 7.76. The van der Waals surface area contributed by atoms with Crippen molar-refractivity contribution in [3.63, 3.8) is 0 Å². The molecule has 3 atom stereocenters. The third-order valence-corrected chi connectivity index (χ3v) is 5.72. The maximum Gasteiger partial charge on any atom is 0.319 e. The zero-order valence-electron chi connectivity index (χ0n) is 15.7. The minimum atomic E-state index is -2.74. The van der Waals surface area contributed by atoms with E-state index < -0.39 is 30.2 Å². The molecule has 1 aliphatic heterocycles. The van der Waals surface area contributed by atoms with Gasteiger partial charge >= 0.3 is 6.03 Å². The van der Waals surface area contributed by atoms with Crippen molar-refractivity contribution >= 4 is 23.3 Å². The van der Waals surface area contributed by atoms with E-state index in [1.165, 1.54) is 13.0 Å². The van der Waals surface area contributed by atoms with E-state index in [0.29, 0.717) is 29.1 Å². The summed E-state index contributed by atoms with van der Waals surface area (Å²) in [5.74, 6) is 0.237. The number of carbonyl (C=O) groups excluding carboxylic acids is 1. The zero-order chi connectivity index (χ0) is 20.8. The van der Waals surface area contributed by atoms with Crippen molar-refractivity contribution in [3.05, 3.63) is 58.1 Å². The first-order valence-electron chi connectivity index (χ1n) is 9.38. The third-order valence-electron chi connectivity index (χ3n) is 5.49. The van der Waals surface area contributed by atoms with Gasteiger partial charge in [-0.3, -0.25) is 0 Å². The maximum atomic E-state index is 13.6. The van der Waals surface area contributed by atoms with Crippen LogP contribution in [0.3, 0.4) is 0 Å². The third kappa shape index (κ3) is 3.89. The number of hydrogen-bond acceptors (Lipinski definition) is 3. The van der Waals surface area contributed by atoms with Crippen molar-refractivity contribution in [3.8, 4) is 5.75 Å². The van der Waals surface area contributed by atoms with Gasteiger partial charge in [0.05, 0.1) is 12.1 Å². The van der Waals surface area contributed by atoms with Crippen LogP contribution in [-0.2, 0) is 12.8 Å². The second-order valence-corrected chi connectivity index (χ2v) is 8.19. The summed E-state index contributed by atoms with van der Waals surface area (Å²) in [5, 5.41) is 15.8. The van der Waals surface area contributed by atoms with Crippen LogP contribution >= 0.6 is 11.6 Å². The molecule has 0 saturated carbocycles. The normalized spacial score (nSPS) is 25.2. The Balaban J connectivity index is 1.56. The molecule has 0 aromatic heterocycles. The quantitative estimate of drug-likeness (QED) is 0.683. The van der Waals surface area contributed by atoms with Crippen LogP contribution in [0.1, 0.15) is 36.1 Å². The van der Waals surface area contributed by atoms with Crippen molar-refractivity contribution in [1.82, 2.24) is 5.32 Å². The fourth-order valence-corrected chi connectivity index (χ4v) is 4.18. The van der Waals surface area contributed by atoms with Crippen molar-refractivity contribution in [2.75, 3.05) is 5.32 Å². The highest BCUT2D eigenvalue weighted by Crippen LogP contribution is 2.43. The van der Waals surface area contributed by atoms with Crippen LogP contribution in [0.5, 0.6) is 5.75 Å². The van der Waals surface area contributed by atoms with E-state index >= 15 is 0 Å². The molecule has 0 saturated heterocycles. The lowest BCUT2D eigenvalue weighted by Crippen LogP contribution is -2.48. The highest BCUT2D eigenvalue weighted by atomic mass is 35.5. The first kappa shape index (κ1) is 19.9. The average Bonchev–Trinajstić information content (AvgIpc) is 3.02. The van der Waals surface area contributed by atoms with Gasteiger partial charge in [0.25, 0.3) is 6.43 Å².